The zero-order valence-electron chi connectivity index (χ0n) is 16.9. The molecule has 0 unspecified atom stereocenters. The first kappa shape index (κ1) is 21.0. The predicted molar refractivity (Wildman–Crippen MR) is 108 cm³/mol. The third-order valence-corrected chi connectivity index (χ3v) is 4.76. The Bertz CT molecular complexity index is 1210. The van der Waals surface area contributed by atoms with Crippen LogP contribution in [0.2, 0.25) is 0 Å². The summed E-state index contributed by atoms with van der Waals surface area (Å²) in [5.74, 6) is -1.17. The maximum atomic E-state index is 13.9. The van der Waals surface area contributed by atoms with Gasteiger partial charge in [-0.05, 0) is 29.8 Å². The average molecular weight is 413 g/mol. The number of aromatic nitrogens is 1. The van der Waals surface area contributed by atoms with Gasteiger partial charge < -0.3 is 14.2 Å². The van der Waals surface area contributed by atoms with Gasteiger partial charge in [-0.25, -0.2) is 9.18 Å². The van der Waals surface area contributed by atoms with Crippen molar-refractivity contribution >= 4 is 17.3 Å². The van der Waals surface area contributed by atoms with Crippen LogP contribution in [0.4, 0.5) is 4.39 Å². The van der Waals surface area contributed by atoms with Crippen molar-refractivity contribution in [2.45, 2.75) is 13.3 Å². The highest BCUT2D eigenvalue weighted by Crippen LogP contribution is 2.36. The first-order valence-electron chi connectivity index (χ1n) is 9.09. The van der Waals surface area contributed by atoms with Crippen LogP contribution in [0.5, 0.6) is 11.5 Å². The van der Waals surface area contributed by atoms with E-state index >= 15 is 0 Å². The largest absolute Gasteiger partial charge is 0.493 e. The molecule has 0 bridgehead atoms. The van der Waals surface area contributed by atoms with Crippen molar-refractivity contribution in [2.75, 3.05) is 21.3 Å². The lowest BCUT2D eigenvalue weighted by molar-refractivity contribution is 0.0603. The Hall–Kier alpha value is -3.68. The lowest BCUT2D eigenvalue weighted by Gasteiger charge is -2.17. The fourth-order valence-corrected chi connectivity index (χ4v) is 3.35. The second-order valence-corrected chi connectivity index (χ2v) is 6.37. The molecule has 0 saturated carbocycles. The summed E-state index contributed by atoms with van der Waals surface area (Å²) < 4.78 is 30.3. The summed E-state index contributed by atoms with van der Waals surface area (Å²) in [6, 6.07) is 7.19. The van der Waals surface area contributed by atoms with Gasteiger partial charge in [0, 0.05) is 18.2 Å². The average Bonchev–Trinajstić information content (AvgIpc) is 2.77. The van der Waals surface area contributed by atoms with Crippen LogP contribution < -0.4 is 15.0 Å². The molecule has 156 valence electrons. The van der Waals surface area contributed by atoms with Crippen LogP contribution in [0.1, 0.15) is 34.1 Å². The van der Waals surface area contributed by atoms with Crippen molar-refractivity contribution in [3.8, 4) is 22.6 Å². The number of ketones is 1. The van der Waals surface area contributed by atoms with Crippen LogP contribution in [-0.2, 0) is 4.74 Å². The molecular formula is C22H20FNO6. The van der Waals surface area contributed by atoms with E-state index in [1.165, 1.54) is 27.4 Å². The smallest absolute Gasteiger partial charge is 0.340 e. The molecule has 0 N–H and O–H groups in total. The number of hydrogen-bond donors (Lipinski definition) is 0. The minimum absolute atomic E-state index is 0.0114. The molecule has 0 amide bonds. The SMILES string of the molecule is CCC(=O)c1c(-c2ccc(OC)c(OC)c2)c(C(=O)OC)c2ccc(F)cn2c1=O. The van der Waals surface area contributed by atoms with Gasteiger partial charge in [0.15, 0.2) is 17.3 Å². The van der Waals surface area contributed by atoms with Crippen LogP contribution >= 0.6 is 0 Å². The van der Waals surface area contributed by atoms with Crippen molar-refractivity contribution in [1.29, 1.82) is 0 Å². The standard InChI is InChI=1S/C22H20FNO6/c1-5-15(25)20-18(12-6-9-16(28-2)17(10-12)29-3)19(22(27)30-4)14-8-7-13(23)11-24(14)21(20)26/h6-11H,5H2,1-4H3. The Morgan fingerprint density at radius 1 is 1.00 bits per heavy atom. The molecule has 0 aliphatic rings. The number of hydrogen-bond acceptors (Lipinski definition) is 6. The van der Waals surface area contributed by atoms with Gasteiger partial charge in [-0.3, -0.25) is 14.0 Å². The maximum Gasteiger partial charge on any atom is 0.340 e. The summed E-state index contributed by atoms with van der Waals surface area (Å²) >= 11 is 0. The molecule has 2 heterocycles. The molecule has 0 saturated heterocycles. The van der Waals surface area contributed by atoms with Gasteiger partial charge in [0.25, 0.3) is 5.56 Å². The third kappa shape index (κ3) is 3.41. The monoisotopic (exact) mass is 413 g/mol. The molecule has 1 aromatic carbocycles. The first-order valence-corrected chi connectivity index (χ1v) is 9.09. The lowest BCUT2D eigenvalue weighted by Crippen LogP contribution is -2.26. The fraction of sp³-hybridized carbons (Fsp3) is 0.227. The number of pyridine rings is 2. The van der Waals surface area contributed by atoms with E-state index in [0.717, 1.165) is 16.7 Å². The molecule has 0 fully saturated rings. The Labute approximate surface area is 171 Å². The molecular weight excluding hydrogens is 393 g/mol. The Morgan fingerprint density at radius 2 is 1.70 bits per heavy atom. The van der Waals surface area contributed by atoms with Crippen LogP contribution in [0.15, 0.2) is 41.3 Å². The molecule has 0 radical (unpaired) electrons. The second-order valence-electron chi connectivity index (χ2n) is 6.37. The molecule has 8 heteroatoms. The van der Waals surface area contributed by atoms with Crippen molar-refractivity contribution < 1.29 is 28.2 Å². The third-order valence-electron chi connectivity index (χ3n) is 4.76. The number of ether oxygens (including phenoxy) is 3. The number of methoxy groups -OCH3 is 3. The van der Waals surface area contributed by atoms with E-state index in [0.29, 0.717) is 17.1 Å². The summed E-state index contributed by atoms with van der Waals surface area (Å²) in [4.78, 5) is 38.7. The van der Waals surface area contributed by atoms with E-state index < -0.39 is 23.1 Å². The number of benzene rings is 1. The Kier molecular flexibility index (Phi) is 5.86. The van der Waals surface area contributed by atoms with E-state index in [2.05, 4.69) is 0 Å². The summed E-state index contributed by atoms with van der Waals surface area (Å²) in [5.41, 5.74) is -0.381. The van der Waals surface area contributed by atoms with Gasteiger partial charge in [-0.15, -0.1) is 0 Å². The Morgan fingerprint density at radius 3 is 2.30 bits per heavy atom. The lowest BCUT2D eigenvalue weighted by atomic mass is 9.91. The van der Waals surface area contributed by atoms with Crippen LogP contribution in [0.3, 0.4) is 0 Å². The highest BCUT2D eigenvalue weighted by atomic mass is 19.1. The van der Waals surface area contributed by atoms with E-state index in [4.69, 9.17) is 14.2 Å². The number of carbonyl (C=O) groups is 2. The number of esters is 1. The first-order chi connectivity index (χ1) is 14.4. The van der Waals surface area contributed by atoms with Gasteiger partial charge in [0.2, 0.25) is 0 Å². The van der Waals surface area contributed by atoms with Gasteiger partial charge in [0.05, 0.1) is 38.0 Å². The molecule has 2 aromatic heterocycles. The molecule has 0 aliphatic carbocycles. The van der Waals surface area contributed by atoms with Crippen molar-refractivity contribution in [3.63, 3.8) is 0 Å². The number of carbonyl (C=O) groups excluding carboxylic acids is 2. The van der Waals surface area contributed by atoms with E-state index in [1.807, 2.05) is 0 Å². The Balaban J connectivity index is 2.56. The zero-order chi connectivity index (χ0) is 22.0. The van der Waals surface area contributed by atoms with Crippen molar-refractivity contribution in [2.24, 2.45) is 0 Å². The quantitative estimate of drug-likeness (QED) is 0.454. The highest BCUT2D eigenvalue weighted by Gasteiger charge is 2.28. The minimum Gasteiger partial charge on any atom is -0.493 e. The number of fused-ring (bicyclic) bond motifs is 1. The van der Waals surface area contributed by atoms with Gasteiger partial charge in [-0.2, -0.15) is 0 Å². The van der Waals surface area contributed by atoms with E-state index in [-0.39, 0.29) is 28.6 Å². The predicted octanol–water partition coefficient (Wildman–Crippen LogP) is 3.50. The molecule has 0 spiro atoms. The molecule has 7 nitrogen and oxygen atoms in total. The van der Waals surface area contributed by atoms with Crippen LogP contribution in [-0.4, -0.2) is 37.5 Å². The molecule has 3 aromatic rings. The summed E-state index contributed by atoms with van der Waals surface area (Å²) in [6.45, 7) is 1.60. The van der Waals surface area contributed by atoms with Crippen molar-refractivity contribution in [1.82, 2.24) is 4.40 Å². The molecule has 0 atom stereocenters. The van der Waals surface area contributed by atoms with E-state index in [1.54, 1.807) is 25.1 Å². The topological polar surface area (TPSA) is 83.3 Å². The fourth-order valence-electron chi connectivity index (χ4n) is 3.35. The second kappa shape index (κ2) is 8.36. The number of halogens is 1. The highest BCUT2D eigenvalue weighted by molar-refractivity contribution is 6.11. The summed E-state index contributed by atoms with van der Waals surface area (Å²) in [6.07, 6.45) is 0.951. The maximum absolute atomic E-state index is 13.9. The van der Waals surface area contributed by atoms with Gasteiger partial charge >= 0.3 is 5.97 Å². The van der Waals surface area contributed by atoms with Crippen molar-refractivity contribution in [3.05, 3.63) is 63.8 Å². The van der Waals surface area contributed by atoms with Gasteiger partial charge in [0.1, 0.15) is 5.82 Å². The van der Waals surface area contributed by atoms with E-state index in [9.17, 15) is 18.8 Å². The zero-order valence-corrected chi connectivity index (χ0v) is 16.9. The number of rotatable bonds is 6. The van der Waals surface area contributed by atoms with Crippen LogP contribution in [0, 0.1) is 5.82 Å². The molecule has 3 rings (SSSR count). The minimum atomic E-state index is -0.769. The summed E-state index contributed by atoms with van der Waals surface area (Å²) in [5, 5.41) is 0. The number of nitrogens with zero attached hydrogens (tertiary/aromatic N) is 1. The molecule has 0 aliphatic heterocycles. The number of Topliss-reactive ketones (excluding diaryl/α,β-unsaturated/α-hetero) is 1. The van der Waals surface area contributed by atoms with Crippen LogP contribution in [0.25, 0.3) is 16.6 Å². The van der Waals surface area contributed by atoms with Gasteiger partial charge in [-0.1, -0.05) is 13.0 Å². The molecule has 30 heavy (non-hydrogen) atoms. The normalized spacial score (nSPS) is 10.7. The summed E-state index contributed by atoms with van der Waals surface area (Å²) in [7, 11) is 4.10.